The van der Waals surface area contributed by atoms with Gasteiger partial charge in [-0.3, -0.25) is 0 Å². The molecule has 2 nitrogen and oxygen atoms in total. The zero-order valence-electron chi connectivity index (χ0n) is 4.35. The molecule has 0 aromatic heterocycles. The summed E-state index contributed by atoms with van der Waals surface area (Å²) in [5.41, 5.74) is 0. The predicted molar refractivity (Wildman–Crippen MR) is 30.5 cm³/mol. The lowest BCUT2D eigenvalue weighted by molar-refractivity contribution is -0.139. The Balaban J connectivity index is 3.68. The summed E-state index contributed by atoms with van der Waals surface area (Å²) in [6.45, 7) is 0. The number of carbonyl (C=O) groups excluding carboxylic acids is 1. The topological polar surface area (TPSA) is 26.3 Å². The fourth-order valence-corrected chi connectivity index (χ4v) is 0.261. The minimum atomic E-state index is -0.944. The van der Waals surface area contributed by atoms with Gasteiger partial charge in [0.1, 0.15) is 0 Å². The first-order chi connectivity index (χ1) is 3.72. The molecule has 0 saturated heterocycles. The van der Waals surface area contributed by atoms with Crippen LogP contribution in [0.15, 0.2) is 0 Å². The summed E-state index contributed by atoms with van der Waals surface area (Å²) < 4.78 is 4.19. The molecule has 0 aliphatic carbocycles. The minimum Gasteiger partial charge on any atom is -0.467 e. The van der Waals surface area contributed by atoms with Gasteiger partial charge in [0.05, 0.1) is 7.11 Å². The molecule has 1 unspecified atom stereocenters. The van der Waals surface area contributed by atoms with Crippen LogP contribution in [0.25, 0.3) is 0 Å². The first kappa shape index (κ1) is 7.32. The van der Waals surface area contributed by atoms with Crippen LogP contribution in [0.2, 0.25) is 0 Å². The molecule has 0 amide bonds. The summed E-state index contributed by atoms with van der Waals surface area (Å²) >= 11 is 5.21. The number of halogens is 1. The van der Waals surface area contributed by atoms with Gasteiger partial charge in [-0.05, 0) is 0 Å². The average Bonchev–Trinajstić information content (AvgIpc) is 1.84. The Morgan fingerprint density at radius 3 is 2.62 bits per heavy atom. The lowest BCUT2D eigenvalue weighted by Crippen LogP contribution is -2.13. The summed E-state index contributed by atoms with van der Waals surface area (Å²) in [6, 6.07) is 0. The van der Waals surface area contributed by atoms with E-state index in [9.17, 15) is 4.79 Å². The molecule has 0 radical (unpaired) electrons. The van der Waals surface area contributed by atoms with Crippen molar-refractivity contribution in [2.45, 2.75) is 5.38 Å². The van der Waals surface area contributed by atoms with Crippen LogP contribution >= 0.6 is 11.6 Å². The second kappa shape index (κ2) is 3.34. The normalized spacial score (nSPS) is 11.6. The number of hydrogen-bond donors (Lipinski definition) is 0. The Morgan fingerprint density at radius 1 is 2.00 bits per heavy atom. The van der Waals surface area contributed by atoms with E-state index in [-0.39, 0.29) is 0 Å². The van der Waals surface area contributed by atoms with E-state index in [0.29, 0.717) is 0 Å². The third kappa shape index (κ3) is 1.85. The van der Waals surface area contributed by atoms with Gasteiger partial charge in [-0.2, -0.15) is 0 Å². The Labute approximate surface area is 52.8 Å². The third-order valence-corrected chi connectivity index (χ3v) is 0.859. The van der Waals surface area contributed by atoms with Crippen molar-refractivity contribution in [3.8, 4) is 12.3 Å². The first-order valence-electron chi connectivity index (χ1n) is 1.90. The lowest BCUT2D eigenvalue weighted by atomic mass is 10.4. The molecule has 0 aliphatic rings. The zero-order valence-corrected chi connectivity index (χ0v) is 5.11. The van der Waals surface area contributed by atoms with Crippen LogP contribution < -0.4 is 0 Å². The summed E-state index contributed by atoms with van der Waals surface area (Å²) in [7, 11) is 1.23. The van der Waals surface area contributed by atoms with Crippen molar-refractivity contribution in [2.75, 3.05) is 7.11 Å². The number of methoxy groups -OCH3 is 1. The zero-order chi connectivity index (χ0) is 6.57. The van der Waals surface area contributed by atoms with Crippen molar-refractivity contribution in [3.63, 3.8) is 0 Å². The fraction of sp³-hybridized carbons (Fsp3) is 0.400. The number of terminal acetylenes is 1. The molecular weight excluding hydrogens is 128 g/mol. The molecular formula is C5H5ClO2. The van der Waals surface area contributed by atoms with Gasteiger partial charge in [-0.15, -0.1) is 6.42 Å². The fourth-order valence-electron chi connectivity index (χ4n) is 0.172. The Kier molecular flexibility index (Phi) is 3.05. The molecule has 1 atom stereocenters. The molecule has 44 valence electrons. The van der Waals surface area contributed by atoms with Crippen LogP contribution in [0.1, 0.15) is 0 Å². The van der Waals surface area contributed by atoms with Gasteiger partial charge >= 0.3 is 5.97 Å². The van der Waals surface area contributed by atoms with E-state index < -0.39 is 11.3 Å². The van der Waals surface area contributed by atoms with Crippen LogP contribution in [0.4, 0.5) is 0 Å². The number of ether oxygens (including phenoxy) is 1. The van der Waals surface area contributed by atoms with E-state index in [4.69, 9.17) is 18.0 Å². The van der Waals surface area contributed by atoms with Gasteiger partial charge in [0.2, 0.25) is 0 Å². The van der Waals surface area contributed by atoms with Crippen molar-refractivity contribution < 1.29 is 9.53 Å². The van der Waals surface area contributed by atoms with Gasteiger partial charge in [0, 0.05) is 0 Å². The van der Waals surface area contributed by atoms with Crippen LogP contribution in [0.3, 0.4) is 0 Å². The average molecular weight is 133 g/mol. The van der Waals surface area contributed by atoms with Crippen molar-refractivity contribution in [3.05, 3.63) is 0 Å². The van der Waals surface area contributed by atoms with Crippen LogP contribution in [-0.2, 0) is 9.53 Å². The quantitative estimate of drug-likeness (QED) is 0.293. The molecule has 0 aromatic carbocycles. The minimum absolute atomic E-state index is 0.589. The highest BCUT2D eigenvalue weighted by Gasteiger charge is 2.09. The molecule has 8 heavy (non-hydrogen) atoms. The van der Waals surface area contributed by atoms with Gasteiger partial charge < -0.3 is 4.74 Å². The second-order valence-electron chi connectivity index (χ2n) is 1.05. The van der Waals surface area contributed by atoms with Crippen LogP contribution in [-0.4, -0.2) is 18.5 Å². The maximum Gasteiger partial charge on any atom is 0.336 e. The number of rotatable bonds is 1. The van der Waals surface area contributed by atoms with Gasteiger partial charge in [-0.25, -0.2) is 4.79 Å². The monoisotopic (exact) mass is 132 g/mol. The van der Waals surface area contributed by atoms with Crippen molar-refractivity contribution in [1.82, 2.24) is 0 Å². The molecule has 0 N–H and O–H groups in total. The van der Waals surface area contributed by atoms with Crippen molar-refractivity contribution in [2.24, 2.45) is 0 Å². The summed E-state index contributed by atoms with van der Waals surface area (Å²) in [6.07, 6.45) is 4.77. The van der Waals surface area contributed by atoms with E-state index in [0.717, 1.165) is 0 Å². The molecule has 0 aromatic rings. The number of esters is 1. The highest BCUT2D eigenvalue weighted by atomic mass is 35.5. The molecule has 3 heteroatoms. The molecule has 0 fully saturated rings. The highest BCUT2D eigenvalue weighted by Crippen LogP contribution is 1.93. The van der Waals surface area contributed by atoms with Gasteiger partial charge in [0.15, 0.2) is 5.38 Å². The smallest absolute Gasteiger partial charge is 0.336 e. The molecule has 0 saturated carbocycles. The van der Waals surface area contributed by atoms with Crippen LogP contribution in [0.5, 0.6) is 0 Å². The van der Waals surface area contributed by atoms with Gasteiger partial charge in [0.25, 0.3) is 0 Å². The number of alkyl halides is 1. The van der Waals surface area contributed by atoms with Gasteiger partial charge in [-0.1, -0.05) is 17.5 Å². The van der Waals surface area contributed by atoms with E-state index in [1.54, 1.807) is 0 Å². The standard InChI is InChI=1S/C5H5ClO2/c1-3-4(6)5(7)8-2/h1,4H,2H3. The Hall–Kier alpha value is -0.680. The maximum absolute atomic E-state index is 10.2. The second-order valence-corrected chi connectivity index (χ2v) is 1.49. The largest absolute Gasteiger partial charge is 0.467 e. The molecule has 0 spiro atoms. The predicted octanol–water partition coefficient (Wildman–Crippen LogP) is 0.400. The SMILES string of the molecule is C#CC(Cl)C(=O)OC. The molecule has 0 bridgehead atoms. The number of carbonyl (C=O) groups is 1. The first-order valence-corrected chi connectivity index (χ1v) is 2.34. The maximum atomic E-state index is 10.2. The summed E-state index contributed by atoms with van der Waals surface area (Å²) in [5.74, 6) is 1.42. The van der Waals surface area contributed by atoms with E-state index in [1.165, 1.54) is 7.11 Å². The van der Waals surface area contributed by atoms with Crippen molar-refractivity contribution >= 4 is 17.6 Å². The van der Waals surface area contributed by atoms with Crippen molar-refractivity contribution in [1.29, 1.82) is 0 Å². The Morgan fingerprint density at radius 2 is 2.50 bits per heavy atom. The lowest BCUT2D eigenvalue weighted by Gasteiger charge is -1.95. The molecule has 0 aliphatic heterocycles. The highest BCUT2D eigenvalue weighted by molar-refractivity contribution is 6.32. The molecule has 0 rings (SSSR count). The number of hydrogen-bond acceptors (Lipinski definition) is 2. The third-order valence-electron chi connectivity index (χ3n) is 0.554. The molecule has 0 heterocycles. The summed E-state index contributed by atoms with van der Waals surface area (Å²) in [4.78, 5) is 10.2. The van der Waals surface area contributed by atoms with E-state index >= 15 is 0 Å². The Bertz CT molecular complexity index is 125. The summed E-state index contributed by atoms with van der Waals surface area (Å²) in [5, 5.41) is -0.944. The van der Waals surface area contributed by atoms with E-state index in [2.05, 4.69) is 4.74 Å². The van der Waals surface area contributed by atoms with Crippen LogP contribution in [0, 0.1) is 12.3 Å². The van der Waals surface area contributed by atoms with E-state index in [1.807, 2.05) is 5.92 Å².